The fourth-order valence-electron chi connectivity index (χ4n) is 1.64. The van der Waals surface area contributed by atoms with Gasteiger partial charge in [-0.15, -0.1) is 0 Å². The molecule has 2 rings (SSSR count). The molecule has 0 saturated carbocycles. The van der Waals surface area contributed by atoms with Crippen molar-refractivity contribution in [3.63, 3.8) is 0 Å². The summed E-state index contributed by atoms with van der Waals surface area (Å²) in [6.45, 7) is 2.06. The molecule has 0 saturated heterocycles. The second-order valence-electron chi connectivity index (χ2n) is 4.13. The first-order valence-electron chi connectivity index (χ1n) is 5.77. The van der Waals surface area contributed by atoms with E-state index in [1.807, 2.05) is 42.5 Å². The van der Waals surface area contributed by atoms with Crippen molar-refractivity contribution in [2.24, 2.45) is 0 Å². The first-order valence-corrected chi connectivity index (χ1v) is 6.15. The summed E-state index contributed by atoms with van der Waals surface area (Å²) >= 11 is 6.30. The number of methoxy groups -OCH3 is 1. The zero-order valence-corrected chi connectivity index (χ0v) is 11.2. The summed E-state index contributed by atoms with van der Waals surface area (Å²) in [5, 5.41) is 0.736. The van der Waals surface area contributed by atoms with Gasteiger partial charge in [-0.1, -0.05) is 53.6 Å². The van der Waals surface area contributed by atoms with Crippen molar-refractivity contribution < 1.29 is 4.74 Å². The normalized spacial score (nSPS) is 11.4. The SMILES string of the molecule is COc1ccc(/C=C(\Cl)c2ccc(C)cc2)cc1. The third kappa shape index (κ3) is 3.14. The average molecular weight is 259 g/mol. The highest BCUT2D eigenvalue weighted by molar-refractivity contribution is 6.51. The molecule has 18 heavy (non-hydrogen) atoms. The van der Waals surface area contributed by atoms with Gasteiger partial charge < -0.3 is 4.74 Å². The molecule has 0 fully saturated rings. The van der Waals surface area contributed by atoms with Crippen molar-refractivity contribution in [2.75, 3.05) is 7.11 Å². The molecule has 0 aromatic heterocycles. The van der Waals surface area contributed by atoms with Crippen molar-refractivity contribution in [1.82, 2.24) is 0 Å². The standard InChI is InChI=1S/C16H15ClO/c1-12-3-7-14(8-4-12)16(17)11-13-5-9-15(18-2)10-6-13/h3-11H,1-2H3/b16-11-. The third-order valence-electron chi connectivity index (χ3n) is 2.74. The van der Waals surface area contributed by atoms with Crippen LogP contribution in [0.15, 0.2) is 48.5 Å². The maximum atomic E-state index is 6.30. The largest absolute Gasteiger partial charge is 0.497 e. The van der Waals surface area contributed by atoms with Crippen LogP contribution in [0.4, 0.5) is 0 Å². The lowest BCUT2D eigenvalue weighted by atomic mass is 10.1. The minimum atomic E-state index is 0.736. The number of ether oxygens (including phenoxy) is 1. The summed E-state index contributed by atoms with van der Waals surface area (Å²) in [4.78, 5) is 0. The Labute approximate surface area is 113 Å². The zero-order chi connectivity index (χ0) is 13.0. The van der Waals surface area contributed by atoms with Crippen LogP contribution in [0.25, 0.3) is 11.1 Å². The smallest absolute Gasteiger partial charge is 0.118 e. The van der Waals surface area contributed by atoms with E-state index in [1.54, 1.807) is 7.11 Å². The van der Waals surface area contributed by atoms with Gasteiger partial charge in [0.2, 0.25) is 0 Å². The summed E-state index contributed by atoms with van der Waals surface area (Å²) in [5.41, 5.74) is 3.31. The predicted molar refractivity (Wildman–Crippen MR) is 77.9 cm³/mol. The Morgan fingerprint density at radius 2 is 1.61 bits per heavy atom. The number of rotatable bonds is 3. The van der Waals surface area contributed by atoms with E-state index in [0.29, 0.717) is 0 Å². The fraction of sp³-hybridized carbons (Fsp3) is 0.125. The van der Waals surface area contributed by atoms with Crippen LogP contribution < -0.4 is 4.74 Å². The number of aryl methyl sites for hydroxylation is 1. The molecular weight excluding hydrogens is 244 g/mol. The van der Waals surface area contributed by atoms with Crippen molar-refractivity contribution in [3.8, 4) is 5.75 Å². The lowest BCUT2D eigenvalue weighted by molar-refractivity contribution is 0.415. The minimum Gasteiger partial charge on any atom is -0.497 e. The highest BCUT2D eigenvalue weighted by Gasteiger charge is 1.98. The Morgan fingerprint density at radius 3 is 2.17 bits per heavy atom. The van der Waals surface area contributed by atoms with Gasteiger partial charge in [0, 0.05) is 5.03 Å². The monoisotopic (exact) mass is 258 g/mol. The molecule has 0 bridgehead atoms. The maximum absolute atomic E-state index is 6.30. The van der Waals surface area contributed by atoms with Gasteiger partial charge in [0.15, 0.2) is 0 Å². The van der Waals surface area contributed by atoms with Crippen molar-refractivity contribution >= 4 is 22.7 Å². The molecule has 1 nitrogen and oxygen atoms in total. The number of benzene rings is 2. The van der Waals surface area contributed by atoms with Crippen LogP contribution in [0.1, 0.15) is 16.7 Å². The molecule has 0 aliphatic carbocycles. The van der Waals surface area contributed by atoms with E-state index in [9.17, 15) is 0 Å². The summed E-state index contributed by atoms with van der Waals surface area (Å²) < 4.78 is 5.12. The molecule has 92 valence electrons. The van der Waals surface area contributed by atoms with Crippen molar-refractivity contribution in [2.45, 2.75) is 6.92 Å². The molecule has 0 amide bonds. The van der Waals surface area contributed by atoms with E-state index in [4.69, 9.17) is 16.3 Å². The molecule has 2 aromatic rings. The molecule has 0 aliphatic rings. The Morgan fingerprint density at radius 1 is 1.00 bits per heavy atom. The van der Waals surface area contributed by atoms with Crippen molar-refractivity contribution in [3.05, 3.63) is 65.2 Å². The van der Waals surface area contributed by atoms with Gasteiger partial charge in [0.05, 0.1) is 7.11 Å². The molecule has 0 heterocycles. The quantitative estimate of drug-likeness (QED) is 0.723. The first-order chi connectivity index (χ1) is 8.69. The minimum absolute atomic E-state index is 0.736. The second-order valence-corrected chi connectivity index (χ2v) is 4.54. The Hall–Kier alpha value is -1.73. The van der Waals surface area contributed by atoms with E-state index in [-0.39, 0.29) is 0 Å². The van der Waals surface area contributed by atoms with Gasteiger partial charge >= 0.3 is 0 Å². The number of hydrogen-bond acceptors (Lipinski definition) is 1. The van der Waals surface area contributed by atoms with E-state index in [2.05, 4.69) is 19.1 Å². The van der Waals surface area contributed by atoms with E-state index >= 15 is 0 Å². The van der Waals surface area contributed by atoms with Crippen LogP contribution >= 0.6 is 11.6 Å². The highest BCUT2D eigenvalue weighted by Crippen LogP contribution is 2.23. The summed E-state index contributed by atoms with van der Waals surface area (Å²) in [5.74, 6) is 0.846. The van der Waals surface area contributed by atoms with Crippen LogP contribution in [-0.2, 0) is 0 Å². The van der Waals surface area contributed by atoms with Gasteiger partial charge in [-0.05, 0) is 36.3 Å². The van der Waals surface area contributed by atoms with Crippen LogP contribution in [0.5, 0.6) is 5.75 Å². The maximum Gasteiger partial charge on any atom is 0.118 e. The summed E-state index contributed by atoms with van der Waals surface area (Å²) in [7, 11) is 1.66. The lowest BCUT2D eigenvalue weighted by Gasteiger charge is -2.02. The van der Waals surface area contributed by atoms with Crippen LogP contribution in [0, 0.1) is 6.92 Å². The molecule has 0 radical (unpaired) electrons. The predicted octanol–water partition coefficient (Wildman–Crippen LogP) is 4.74. The van der Waals surface area contributed by atoms with Gasteiger partial charge in [0.1, 0.15) is 5.75 Å². The second kappa shape index (κ2) is 5.74. The van der Waals surface area contributed by atoms with E-state index in [1.165, 1.54) is 5.56 Å². The van der Waals surface area contributed by atoms with Gasteiger partial charge in [-0.3, -0.25) is 0 Å². The van der Waals surface area contributed by atoms with Crippen molar-refractivity contribution in [1.29, 1.82) is 0 Å². The zero-order valence-electron chi connectivity index (χ0n) is 10.5. The van der Waals surface area contributed by atoms with Crippen LogP contribution in [0.2, 0.25) is 0 Å². The summed E-state index contributed by atoms with van der Waals surface area (Å²) in [6.07, 6.45) is 1.95. The average Bonchev–Trinajstić information content (AvgIpc) is 2.40. The molecule has 0 atom stereocenters. The van der Waals surface area contributed by atoms with Gasteiger partial charge in [-0.2, -0.15) is 0 Å². The summed E-state index contributed by atoms with van der Waals surface area (Å²) in [6, 6.07) is 16.0. The Balaban J connectivity index is 2.23. The number of halogens is 1. The molecule has 0 unspecified atom stereocenters. The fourth-order valence-corrected chi connectivity index (χ4v) is 1.89. The molecule has 2 aromatic carbocycles. The van der Waals surface area contributed by atoms with E-state index in [0.717, 1.165) is 21.9 Å². The van der Waals surface area contributed by atoms with Crippen LogP contribution in [0.3, 0.4) is 0 Å². The van der Waals surface area contributed by atoms with Gasteiger partial charge in [0.25, 0.3) is 0 Å². The highest BCUT2D eigenvalue weighted by atomic mass is 35.5. The molecule has 0 N–H and O–H groups in total. The molecule has 0 spiro atoms. The third-order valence-corrected chi connectivity index (χ3v) is 3.06. The topological polar surface area (TPSA) is 9.23 Å². The lowest BCUT2D eigenvalue weighted by Crippen LogP contribution is -1.82. The van der Waals surface area contributed by atoms with Crippen LogP contribution in [-0.4, -0.2) is 7.11 Å². The first kappa shape index (κ1) is 12.7. The van der Waals surface area contributed by atoms with E-state index < -0.39 is 0 Å². The molecule has 2 heteroatoms. The van der Waals surface area contributed by atoms with Gasteiger partial charge in [-0.25, -0.2) is 0 Å². The Kier molecular flexibility index (Phi) is 4.06. The molecular formula is C16H15ClO. The molecule has 0 aliphatic heterocycles. The Bertz CT molecular complexity index is 538. The number of hydrogen-bond donors (Lipinski definition) is 0.